The molecule has 0 aliphatic heterocycles. The maximum atomic E-state index is 12.2. The lowest BCUT2D eigenvalue weighted by molar-refractivity contribution is 0.503. The van der Waals surface area contributed by atoms with E-state index in [0.717, 1.165) is 0 Å². The highest BCUT2D eigenvalue weighted by Crippen LogP contribution is 2.44. The van der Waals surface area contributed by atoms with E-state index in [1.165, 1.54) is 24.6 Å². The number of nitrogens with two attached hydrogens (primary N) is 1. The summed E-state index contributed by atoms with van der Waals surface area (Å²) in [5, 5.41) is 12.1. The van der Waals surface area contributed by atoms with Crippen molar-refractivity contribution in [3.8, 4) is 6.07 Å². The molecular weight excluding hydrogens is 278 g/mol. The highest BCUT2D eigenvalue weighted by molar-refractivity contribution is 7.90. The third-order valence-electron chi connectivity index (χ3n) is 3.53. The van der Waals surface area contributed by atoms with Crippen LogP contribution in [0, 0.1) is 11.3 Å². The van der Waals surface area contributed by atoms with Gasteiger partial charge in [-0.3, -0.25) is 0 Å². The van der Waals surface area contributed by atoms with Gasteiger partial charge < -0.3 is 11.1 Å². The quantitative estimate of drug-likeness (QED) is 0.811. The number of anilines is 2. The fourth-order valence-corrected chi connectivity index (χ4v) is 3.70. The van der Waals surface area contributed by atoms with Crippen LogP contribution < -0.4 is 11.1 Å². The number of nitrogen functional groups attached to an aromatic ring is 1. The van der Waals surface area contributed by atoms with Gasteiger partial charge in [-0.1, -0.05) is 0 Å². The summed E-state index contributed by atoms with van der Waals surface area (Å²) >= 11 is 0. The Morgan fingerprint density at radius 1 is 1.55 bits per heavy atom. The molecule has 1 fully saturated rings. The number of pyridine rings is 1. The van der Waals surface area contributed by atoms with Crippen LogP contribution in [0.25, 0.3) is 0 Å². The van der Waals surface area contributed by atoms with Crippen molar-refractivity contribution in [2.45, 2.75) is 17.6 Å². The highest BCUT2D eigenvalue weighted by atomic mass is 32.2. The second-order valence-electron chi connectivity index (χ2n) is 5.05. The second-order valence-corrected chi connectivity index (χ2v) is 7.60. The van der Waals surface area contributed by atoms with Gasteiger partial charge in [-0.05, 0) is 18.9 Å². The van der Waals surface area contributed by atoms with E-state index in [4.69, 9.17) is 11.0 Å². The number of rotatable bonds is 5. The van der Waals surface area contributed by atoms with Crippen LogP contribution in [0.5, 0.6) is 0 Å². The van der Waals surface area contributed by atoms with Crippen molar-refractivity contribution in [2.24, 2.45) is 0 Å². The van der Waals surface area contributed by atoms with Crippen molar-refractivity contribution in [3.05, 3.63) is 17.8 Å². The SMILES string of the molecule is CN(C)S(=O)(=O)C1(CNc2ccnc(N)c2C#N)CC1. The normalized spacial score (nSPS) is 16.7. The molecule has 0 spiro atoms. The van der Waals surface area contributed by atoms with Crippen molar-refractivity contribution in [3.63, 3.8) is 0 Å². The Morgan fingerprint density at radius 3 is 2.70 bits per heavy atom. The number of sulfonamides is 1. The minimum absolute atomic E-state index is 0.137. The number of nitrogens with one attached hydrogen (secondary N) is 1. The van der Waals surface area contributed by atoms with Gasteiger partial charge in [0.2, 0.25) is 10.0 Å². The van der Waals surface area contributed by atoms with Gasteiger partial charge in [0.1, 0.15) is 22.2 Å². The van der Waals surface area contributed by atoms with E-state index in [1.807, 2.05) is 6.07 Å². The topological polar surface area (TPSA) is 112 Å². The number of hydrogen-bond donors (Lipinski definition) is 2. The molecule has 0 bridgehead atoms. The van der Waals surface area contributed by atoms with E-state index in [9.17, 15) is 8.42 Å². The zero-order chi connectivity index (χ0) is 15.0. The molecular formula is C12H17N5O2S. The van der Waals surface area contributed by atoms with Gasteiger partial charge in [0.25, 0.3) is 0 Å². The molecule has 2 rings (SSSR count). The number of nitriles is 1. The third-order valence-corrected chi connectivity index (χ3v) is 6.14. The molecule has 7 nitrogen and oxygen atoms in total. The molecule has 0 radical (unpaired) electrons. The van der Waals surface area contributed by atoms with E-state index in [0.29, 0.717) is 18.5 Å². The van der Waals surface area contributed by atoms with Crippen molar-refractivity contribution >= 4 is 21.5 Å². The average Bonchev–Trinajstić information content (AvgIpc) is 3.17. The van der Waals surface area contributed by atoms with Gasteiger partial charge in [-0.2, -0.15) is 5.26 Å². The van der Waals surface area contributed by atoms with E-state index in [2.05, 4.69) is 10.3 Å². The predicted octanol–water partition coefficient (Wildman–Crippen LogP) is 0.371. The summed E-state index contributed by atoms with van der Waals surface area (Å²) in [5.74, 6) is 0.137. The van der Waals surface area contributed by atoms with Gasteiger partial charge >= 0.3 is 0 Å². The van der Waals surface area contributed by atoms with E-state index in [1.54, 1.807) is 6.07 Å². The molecule has 1 saturated carbocycles. The molecule has 0 unspecified atom stereocenters. The first-order valence-corrected chi connectivity index (χ1v) is 7.58. The first-order chi connectivity index (χ1) is 9.34. The minimum Gasteiger partial charge on any atom is -0.383 e. The third kappa shape index (κ3) is 2.30. The van der Waals surface area contributed by atoms with Crippen LogP contribution in [0.3, 0.4) is 0 Å². The fourth-order valence-electron chi connectivity index (χ4n) is 2.05. The summed E-state index contributed by atoms with van der Waals surface area (Å²) in [7, 11) is -0.268. The zero-order valence-electron chi connectivity index (χ0n) is 11.4. The summed E-state index contributed by atoms with van der Waals surface area (Å²) in [6.07, 6.45) is 2.71. The van der Waals surface area contributed by atoms with Gasteiger partial charge in [-0.25, -0.2) is 17.7 Å². The zero-order valence-corrected chi connectivity index (χ0v) is 12.2. The first kappa shape index (κ1) is 14.6. The Kier molecular flexibility index (Phi) is 3.58. The molecule has 0 saturated heterocycles. The number of nitrogens with zero attached hydrogens (tertiary/aromatic N) is 3. The van der Waals surface area contributed by atoms with Crippen LogP contribution in [0.4, 0.5) is 11.5 Å². The number of hydrogen-bond acceptors (Lipinski definition) is 6. The molecule has 0 aromatic carbocycles. The molecule has 0 atom stereocenters. The monoisotopic (exact) mass is 295 g/mol. The maximum Gasteiger partial charge on any atom is 0.221 e. The Labute approximate surface area is 118 Å². The molecule has 3 N–H and O–H groups in total. The molecule has 1 aliphatic rings. The van der Waals surface area contributed by atoms with Crippen molar-refractivity contribution in [1.82, 2.24) is 9.29 Å². The number of aromatic nitrogens is 1. The van der Waals surface area contributed by atoms with Gasteiger partial charge in [0, 0.05) is 26.8 Å². The lowest BCUT2D eigenvalue weighted by Gasteiger charge is -2.22. The lowest BCUT2D eigenvalue weighted by atomic mass is 10.2. The Balaban J connectivity index is 2.19. The van der Waals surface area contributed by atoms with Gasteiger partial charge in [0.15, 0.2) is 0 Å². The summed E-state index contributed by atoms with van der Waals surface area (Å²) < 4.78 is 24.9. The molecule has 1 aromatic heterocycles. The molecule has 8 heteroatoms. The van der Waals surface area contributed by atoms with Crippen LogP contribution in [0.2, 0.25) is 0 Å². The summed E-state index contributed by atoms with van der Waals surface area (Å²) in [6, 6.07) is 3.59. The van der Waals surface area contributed by atoms with Crippen molar-refractivity contribution in [2.75, 3.05) is 31.7 Å². The maximum absolute atomic E-state index is 12.2. The highest BCUT2D eigenvalue weighted by Gasteiger charge is 2.55. The van der Waals surface area contributed by atoms with E-state index < -0.39 is 14.8 Å². The summed E-state index contributed by atoms with van der Waals surface area (Å²) in [5.41, 5.74) is 6.38. The fraction of sp³-hybridized carbons (Fsp3) is 0.500. The van der Waals surface area contributed by atoms with Gasteiger partial charge in [-0.15, -0.1) is 0 Å². The smallest absolute Gasteiger partial charge is 0.221 e. The predicted molar refractivity (Wildman–Crippen MR) is 76.4 cm³/mol. The second kappa shape index (κ2) is 4.92. The Hall–Kier alpha value is -1.85. The van der Waals surface area contributed by atoms with Crippen molar-refractivity contribution in [1.29, 1.82) is 5.26 Å². The molecule has 108 valence electrons. The van der Waals surface area contributed by atoms with Gasteiger partial charge in [0.05, 0.1) is 5.69 Å². The molecule has 1 heterocycles. The van der Waals surface area contributed by atoms with Crippen LogP contribution >= 0.6 is 0 Å². The Bertz CT molecular complexity index is 659. The first-order valence-electron chi connectivity index (χ1n) is 6.14. The van der Waals surface area contributed by atoms with Crippen LogP contribution in [-0.4, -0.2) is 43.1 Å². The summed E-state index contributed by atoms with van der Waals surface area (Å²) in [4.78, 5) is 3.84. The standard InChI is InChI=1S/C12H17N5O2S/c1-17(2)20(18,19)12(4-5-12)8-16-10-3-6-15-11(14)9(10)7-13/h3,6H,4-5,8H2,1-2H3,(H3,14,15,16). The average molecular weight is 295 g/mol. The minimum atomic E-state index is -3.32. The van der Waals surface area contributed by atoms with Crippen LogP contribution in [0.15, 0.2) is 12.3 Å². The molecule has 0 amide bonds. The molecule has 20 heavy (non-hydrogen) atoms. The van der Waals surface area contributed by atoms with Crippen molar-refractivity contribution < 1.29 is 8.42 Å². The molecule has 1 aliphatic carbocycles. The summed E-state index contributed by atoms with van der Waals surface area (Å²) in [6.45, 7) is 0.256. The molecule has 1 aromatic rings. The lowest BCUT2D eigenvalue weighted by Crippen LogP contribution is -2.39. The van der Waals surface area contributed by atoms with E-state index >= 15 is 0 Å². The van der Waals surface area contributed by atoms with Crippen LogP contribution in [0.1, 0.15) is 18.4 Å². The largest absolute Gasteiger partial charge is 0.383 e. The Morgan fingerprint density at radius 2 is 2.20 bits per heavy atom. The van der Waals surface area contributed by atoms with Crippen LogP contribution in [-0.2, 0) is 10.0 Å². The van der Waals surface area contributed by atoms with E-state index in [-0.39, 0.29) is 17.9 Å².